The predicted octanol–water partition coefficient (Wildman–Crippen LogP) is 4.19. The molecule has 3 saturated carbocycles. The van der Waals surface area contributed by atoms with Gasteiger partial charge in [0.25, 0.3) is 0 Å². The van der Waals surface area contributed by atoms with E-state index in [0.29, 0.717) is 22.3 Å². The second kappa shape index (κ2) is 3.97. The number of hydrogen-bond acceptors (Lipinski definition) is 2. The van der Waals surface area contributed by atoms with Crippen LogP contribution in [-0.4, -0.2) is 11.4 Å². The van der Waals surface area contributed by atoms with Gasteiger partial charge in [0, 0.05) is 0 Å². The van der Waals surface area contributed by atoms with Gasteiger partial charge in [-0.2, -0.15) is 0 Å². The highest BCUT2D eigenvalue weighted by atomic mass is 14.5. The van der Waals surface area contributed by atoms with E-state index in [9.17, 15) is 0 Å². The molecule has 0 aromatic carbocycles. The highest BCUT2D eigenvalue weighted by molar-refractivity contribution is 6.39. The van der Waals surface area contributed by atoms with Gasteiger partial charge in [0.05, 0.1) is 11.4 Å². The molecule has 0 spiro atoms. The minimum atomic E-state index is 0.448. The summed E-state index contributed by atoms with van der Waals surface area (Å²) in [5, 5.41) is 15.8. The van der Waals surface area contributed by atoms with Crippen molar-refractivity contribution in [1.82, 2.24) is 0 Å². The molecule has 0 aromatic rings. The Kier molecular flexibility index (Phi) is 2.93. The summed E-state index contributed by atoms with van der Waals surface area (Å²) in [4.78, 5) is 0. The molecule has 0 radical (unpaired) electrons. The van der Waals surface area contributed by atoms with Crippen LogP contribution in [0.25, 0.3) is 0 Å². The van der Waals surface area contributed by atoms with Gasteiger partial charge < -0.3 is 10.8 Å². The molecule has 3 fully saturated rings. The monoisotopic (exact) mass is 220 g/mol. The fourth-order valence-corrected chi connectivity index (χ4v) is 3.11. The lowest BCUT2D eigenvalue weighted by molar-refractivity contribution is 0.0910. The Balaban J connectivity index is 2.16. The van der Waals surface area contributed by atoms with Gasteiger partial charge in [0.2, 0.25) is 0 Å². The maximum atomic E-state index is 7.91. The molecule has 2 heteroatoms. The minimum absolute atomic E-state index is 0.448. The lowest BCUT2D eigenvalue weighted by Crippen LogP contribution is -2.34. The van der Waals surface area contributed by atoms with E-state index in [2.05, 4.69) is 13.8 Å². The average molecular weight is 220 g/mol. The molecule has 0 heterocycles. The number of hydrogen-bond donors (Lipinski definition) is 2. The number of nitrogens with one attached hydrogen (secondary N) is 2. The number of rotatable bonds is 0. The molecule has 0 amide bonds. The fraction of sp³-hybridized carbons (Fsp3) is 0.857. The minimum Gasteiger partial charge on any atom is -0.303 e. The zero-order chi connectivity index (χ0) is 11.8. The Morgan fingerprint density at radius 1 is 0.688 bits per heavy atom. The molecular formula is C14H24N2. The van der Waals surface area contributed by atoms with Gasteiger partial charge in [-0.1, -0.05) is 13.8 Å². The predicted molar refractivity (Wildman–Crippen MR) is 68.6 cm³/mol. The molecule has 3 aliphatic carbocycles. The van der Waals surface area contributed by atoms with Crippen molar-refractivity contribution in [3.8, 4) is 0 Å². The Morgan fingerprint density at radius 2 is 1.00 bits per heavy atom. The van der Waals surface area contributed by atoms with Crippen molar-refractivity contribution in [2.75, 3.05) is 0 Å². The van der Waals surface area contributed by atoms with Gasteiger partial charge >= 0.3 is 0 Å². The van der Waals surface area contributed by atoms with Crippen molar-refractivity contribution in [2.24, 2.45) is 10.8 Å². The van der Waals surface area contributed by atoms with Crippen LogP contribution in [0.5, 0.6) is 0 Å². The van der Waals surface area contributed by atoms with E-state index >= 15 is 0 Å². The first-order valence-electron chi connectivity index (χ1n) is 6.58. The Bertz CT molecular complexity index is 277. The second-order valence-electron chi connectivity index (χ2n) is 6.58. The summed E-state index contributed by atoms with van der Waals surface area (Å²) in [6, 6.07) is 0. The third-order valence-electron chi connectivity index (χ3n) is 4.99. The summed E-state index contributed by atoms with van der Waals surface area (Å²) in [7, 11) is 0. The first-order valence-corrected chi connectivity index (χ1v) is 6.58. The zero-order valence-electron chi connectivity index (χ0n) is 10.7. The normalized spacial score (nSPS) is 41.1. The second-order valence-corrected chi connectivity index (χ2v) is 6.58. The van der Waals surface area contributed by atoms with Gasteiger partial charge in [0.15, 0.2) is 0 Å². The first kappa shape index (κ1) is 11.8. The molecule has 0 saturated heterocycles. The maximum Gasteiger partial charge on any atom is 0.0521 e. The third kappa shape index (κ3) is 2.36. The van der Waals surface area contributed by atoms with Gasteiger partial charge in [-0.3, -0.25) is 0 Å². The molecule has 2 nitrogen and oxygen atoms in total. The largest absolute Gasteiger partial charge is 0.303 e. The molecule has 3 aliphatic rings. The third-order valence-corrected chi connectivity index (χ3v) is 4.99. The van der Waals surface area contributed by atoms with Crippen LogP contribution in [-0.2, 0) is 0 Å². The zero-order valence-corrected chi connectivity index (χ0v) is 10.7. The average Bonchev–Trinajstić information content (AvgIpc) is 2.27. The maximum absolute atomic E-state index is 7.91. The van der Waals surface area contributed by atoms with Gasteiger partial charge in [0.1, 0.15) is 0 Å². The van der Waals surface area contributed by atoms with Crippen LogP contribution in [0.3, 0.4) is 0 Å². The van der Waals surface area contributed by atoms with E-state index in [4.69, 9.17) is 10.8 Å². The van der Waals surface area contributed by atoms with Gasteiger partial charge in [-0.05, 0) is 62.2 Å². The van der Waals surface area contributed by atoms with E-state index in [0.717, 1.165) is 25.7 Å². The first-order chi connectivity index (χ1) is 7.43. The quantitative estimate of drug-likeness (QED) is 0.615. The van der Waals surface area contributed by atoms with Gasteiger partial charge in [-0.25, -0.2) is 0 Å². The fourth-order valence-electron chi connectivity index (χ4n) is 3.11. The van der Waals surface area contributed by atoms with E-state index in [1.54, 1.807) is 0 Å². The molecule has 0 aliphatic heterocycles. The standard InChI is InChI=1S/C14H24N2/c1-13-5-3-11(15)12(16)4-6-14(2,9-7-13)10-8-13/h15-16H,3-10H2,1-2H3. The SMILES string of the molecule is CC12CCC(=N)C(=N)CCC(C)(CC1)CC2. The molecule has 3 rings (SSSR count). The van der Waals surface area contributed by atoms with Crippen LogP contribution in [0.15, 0.2) is 0 Å². The lowest BCUT2D eigenvalue weighted by Gasteiger charge is -2.44. The molecule has 0 unspecified atom stereocenters. The van der Waals surface area contributed by atoms with Crippen LogP contribution in [0.4, 0.5) is 0 Å². The van der Waals surface area contributed by atoms with Crippen molar-refractivity contribution in [1.29, 1.82) is 10.8 Å². The molecule has 16 heavy (non-hydrogen) atoms. The van der Waals surface area contributed by atoms with Crippen LogP contribution in [0.1, 0.15) is 65.2 Å². The smallest absolute Gasteiger partial charge is 0.0521 e. The molecular weight excluding hydrogens is 196 g/mol. The van der Waals surface area contributed by atoms with Crippen molar-refractivity contribution >= 4 is 11.4 Å². The van der Waals surface area contributed by atoms with Crippen LogP contribution < -0.4 is 0 Å². The summed E-state index contributed by atoms with van der Waals surface area (Å²) < 4.78 is 0. The molecule has 90 valence electrons. The molecule has 0 aromatic heterocycles. The van der Waals surface area contributed by atoms with Gasteiger partial charge in [-0.15, -0.1) is 0 Å². The topological polar surface area (TPSA) is 47.7 Å². The summed E-state index contributed by atoms with van der Waals surface area (Å²) in [5.74, 6) is 0. The van der Waals surface area contributed by atoms with Crippen molar-refractivity contribution in [2.45, 2.75) is 65.2 Å². The Morgan fingerprint density at radius 3 is 1.31 bits per heavy atom. The summed E-state index contributed by atoms with van der Waals surface area (Å²) in [6.45, 7) is 4.76. The van der Waals surface area contributed by atoms with E-state index in [-0.39, 0.29) is 0 Å². The van der Waals surface area contributed by atoms with E-state index in [1.165, 1.54) is 25.7 Å². The van der Waals surface area contributed by atoms with Crippen LogP contribution in [0, 0.1) is 21.6 Å². The lowest BCUT2D eigenvalue weighted by atomic mass is 9.61. The summed E-state index contributed by atoms with van der Waals surface area (Å²) in [6.07, 6.45) is 9.18. The Hall–Kier alpha value is -0.660. The summed E-state index contributed by atoms with van der Waals surface area (Å²) >= 11 is 0. The van der Waals surface area contributed by atoms with E-state index in [1.807, 2.05) is 0 Å². The van der Waals surface area contributed by atoms with Crippen molar-refractivity contribution in [3.05, 3.63) is 0 Å². The summed E-state index contributed by atoms with van der Waals surface area (Å²) in [5.41, 5.74) is 2.09. The highest BCUT2D eigenvalue weighted by Gasteiger charge is 2.38. The molecule has 2 N–H and O–H groups in total. The van der Waals surface area contributed by atoms with Crippen molar-refractivity contribution < 1.29 is 0 Å². The highest BCUT2D eigenvalue weighted by Crippen LogP contribution is 2.50. The molecule has 2 bridgehead atoms. The Labute approximate surface area is 98.8 Å². The molecule has 0 atom stereocenters. The van der Waals surface area contributed by atoms with Crippen LogP contribution >= 0.6 is 0 Å². The van der Waals surface area contributed by atoms with Crippen LogP contribution in [0.2, 0.25) is 0 Å². The number of fused-ring (bicyclic) bond motifs is 7. The van der Waals surface area contributed by atoms with E-state index < -0.39 is 0 Å². The van der Waals surface area contributed by atoms with Crippen molar-refractivity contribution in [3.63, 3.8) is 0 Å².